The van der Waals surface area contributed by atoms with Crippen molar-refractivity contribution in [2.45, 2.75) is 65.1 Å². The van der Waals surface area contributed by atoms with E-state index in [9.17, 15) is 4.79 Å². The van der Waals surface area contributed by atoms with Crippen LogP contribution in [0.2, 0.25) is 0 Å². The highest BCUT2D eigenvalue weighted by Crippen LogP contribution is 2.32. The third kappa shape index (κ3) is 4.01. The summed E-state index contributed by atoms with van der Waals surface area (Å²) in [7, 11) is 1.68. The minimum atomic E-state index is -0.330. The molecule has 4 aromatic rings. The first-order valence-electron chi connectivity index (χ1n) is 12.5. The summed E-state index contributed by atoms with van der Waals surface area (Å²) in [6.07, 6.45) is 4.05. The summed E-state index contributed by atoms with van der Waals surface area (Å²) in [5, 5.41) is 18.2. The fraction of sp³-hybridized carbons (Fsp3) is 0.520. The van der Waals surface area contributed by atoms with Gasteiger partial charge in [-0.3, -0.25) is 9.47 Å². The Hall–Kier alpha value is -3.78. The molecule has 5 rings (SSSR count). The number of nitrogens with zero attached hydrogens (tertiary/aromatic N) is 10. The number of fused-ring (bicyclic) bond motifs is 2. The Morgan fingerprint density at radius 3 is 2.72 bits per heavy atom. The van der Waals surface area contributed by atoms with Crippen LogP contribution in [0.3, 0.4) is 0 Å². The molecule has 1 aliphatic rings. The van der Waals surface area contributed by atoms with E-state index in [0.29, 0.717) is 23.8 Å². The van der Waals surface area contributed by atoms with E-state index >= 15 is 0 Å². The van der Waals surface area contributed by atoms with Gasteiger partial charge < -0.3 is 4.90 Å². The molecule has 0 aliphatic carbocycles. The molecule has 0 bridgehead atoms. The van der Waals surface area contributed by atoms with Gasteiger partial charge in [0.05, 0.1) is 35.6 Å². The SMILES string of the molecule is CCC(c1ccn2nc(C)cc2n1)N1C[C@H](C)N(c2nc(=O)n(C)c3cc(CC#N)nn23)C[C@H]1CC. The topological polar surface area (TPSA) is 113 Å². The van der Waals surface area contributed by atoms with E-state index in [4.69, 9.17) is 10.2 Å². The molecular formula is C25H32N10O. The fourth-order valence-corrected chi connectivity index (χ4v) is 5.36. The number of hydrogen-bond acceptors (Lipinski definition) is 8. The highest BCUT2D eigenvalue weighted by Gasteiger charge is 2.37. The van der Waals surface area contributed by atoms with Crippen molar-refractivity contribution in [2.75, 3.05) is 18.0 Å². The highest BCUT2D eigenvalue weighted by molar-refractivity contribution is 5.48. The summed E-state index contributed by atoms with van der Waals surface area (Å²) in [5.41, 5.74) is 3.79. The van der Waals surface area contributed by atoms with Gasteiger partial charge in [-0.25, -0.2) is 14.3 Å². The summed E-state index contributed by atoms with van der Waals surface area (Å²) in [5.74, 6) is 0.533. The average Bonchev–Trinajstić information content (AvgIpc) is 3.45. The third-order valence-electron chi connectivity index (χ3n) is 7.23. The smallest absolute Gasteiger partial charge is 0.335 e. The molecule has 0 N–H and O–H groups in total. The van der Waals surface area contributed by atoms with E-state index in [0.717, 1.165) is 36.4 Å². The van der Waals surface area contributed by atoms with Gasteiger partial charge in [-0.1, -0.05) is 13.8 Å². The van der Waals surface area contributed by atoms with Crippen molar-refractivity contribution in [3.8, 4) is 6.07 Å². The first-order chi connectivity index (χ1) is 17.3. The summed E-state index contributed by atoms with van der Waals surface area (Å²) in [4.78, 5) is 26.8. The van der Waals surface area contributed by atoms with E-state index in [-0.39, 0.29) is 30.2 Å². The van der Waals surface area contributed by atoms with Crippen LogP contribution in [-0.2, 0) is 13.5 Å². The lowest BCUT2D eigenvalue weighted by atomic mass is 9.99. The fourth-order valence-electron chi connectivity index (χ4n) is 5.36. The van der Waals surface area contributed by atoms with Crippen LogP contribution in [0, 0.1) is 18.3 Å². The molecular weight excluding hydrogens is 456 g/mol. The molecule has 188 valence electrons. The van der Waals surface area contributed by atoms with E-state index in [1.54, 1.807) is 17.6 Å². The van der Waals surface area contributed by atoms with Crippen molar-refractivity contribution < 1.29 is 0 Å². The summed E-state index contributed by atoms with van der Waals surface area (Å²) in [6.45, 7) is 10.0. The van der Waals surface area contributed by atoms with E-state index < -0.39 is 0 Å². The van der Waals surface area contributed by atoms with Gasteiger partial charge >= 0.3 is 5.69 Å². The molecule has 0 amide bonds. The van der Waals surface area contributed by atoms with Crippen molar-refractivity contribution in [1.29, 1.82) is 5.26 Å². The van der Waals surface area contributed by atoms with Crippen LogP contribution in [0.1, 0.15) is 56.7 Å². The number of nitriles is 1. The Bertz CT molecular complexity index is 1510. The number of anilines is 1. The normalized spacial score (nSPS) is 19.7. The molecule has 11 heteroatoms. The molecule has 0 saturated carbocycles. The quantitative estimate of drug-likeness (QED) is 0.406. The largest absolute Gasteiger partial charge is 0.352 e. The predicted molar refractivity (Wildman–Crippen MR) is 136 cm³/mol. The van der Waals surface area contributed by atoms with Gasteiger partial charge in [0, 0.05) is 50.6 Å². The molecule has 0 radical (unpaired) electrons. The average molecular weight is 489 g/mol. The molecule has 5 heterocycles. The number of hydrogen-bond donors (Lipinski definition) is 0. The molecule has 0 spiro atoms. The zero-order valence-corrected chi connectivity index (χ0v) is 21.5. The maximum Gasteiger partial charge on any atom is 0.352 e. The van der Waals surface area contributed by atoms with Crippen LogP contribution in [-0.4, -0.2) is 63.8 Å². The molecule has 1 unspecified atom stereocenters. The predicted octanol–water partition coefficient (Wildman–Crippen LogP) is 2.29. The lowest BCUT2D eigenvalue weighted by molar-refractivity contribution is 0.0911. The van der Waals surface area contributed by atoms with Crippen molar-refractivity contribution in [2.24, 2.45) is 7.05 Å². The Labute approximate surface area is 209 Å². The van der Waals surface area contributed by atoms with Gasteiger partial charge in [0.2, 0.25) is 5.95 Å². The lowest BCUT2D eigenvalue weighted by Crippen LogP contribution is -2.59. The van der Waals surface area contributed by atoms with Crippen LogP contribution in [0.5, 0.6) is 0 Å². The number of rotatable bonds is 6. The van der Waals surface area contributed by atoms with Gasteiger partial charge in [-0.15, -0.1) is 0 Å². The second-order valence-corrected chi connectivity index (χ2v) is 9.62. The van der Waals surface area contributed by atoms with E-state index in [1.807, 2.05) is 23.7 Å². The van der Waals surface area contributed by atoms with Gasteiger partial charge in [-0.05, 0) is 32.8 Å². The van der Waals surface area contributed by atoms with Gasteiger partial charge in [-0.2, -0.15) is 25.0 Å². The second-order valence-electron chi connectivity index (χ2n) is 9.62. The maximum atomic E-state index is 12.7. The monoisotopic (exact) mass is 488 g/mol. The van der Waals surface area contributed by atoms with E-state index in [2.05, 4.69) is 57.9 Å². The minimum Gasteiger partial charge on any atom is -0.335 e. The lowest BCUT2D eigenvalue weighted by Gasteiger charge is -2.48. The highest BCUT2D eigenvalue weighted by atomic mass is 16.1. The van der Waals surface area contributed by atoms with E-state index in [1.165, 1.54) is 4.57 Å². The minimum absolute atomic E-state index is 0.0919. The third-order valence-corrected chi connectivity index (χ3v) is 7.23. The molecule has 11 nitrogen and oxygen atoms in total. The molecule has 3 atom stereocenters. The summed E-state index contributed by atoms with van der Waals surface area (Å²) in [6, 6.07) is 8.52. The Kier molecular flexibility index (Phi) is 6.22. The van der Waals surface area contributed by atoms with Crippen LogP contribution in [0.15, 0.2) is 29.2 Å². The molecule has 4 aromatic heterocycles. The first kappa shape index (κ1) is 23.9. The summed E-state index contributed by atoms with van der Waals surface area (Å²) >= 11 is 0. The van der Waals surface area contributed by atoms with Gasteiger partial charge in [0.15, 0.2) is 5.65 Å². The standard InChI is InChI=1S/C25H32N10O/c1-6-19-15-32(24-28-25(36)31(5)23-13-18(8-10-26)30-35(23)24)17(4)14-33(19)21(7-2)20-9-11-34-22(27-20)12-16(3)29-34/h9,11-13,17,19,21H,6-8,14-15H2,1-5H3/t17-,19+,21?/m0/s1. The van der Waals surface area contributed by atoms with Crippen LogP contribution in [0.25, 0.3) is 11.3 Å². The number of piperazine rings is 1. The molecule has 1 saturated heterocycles. The molecule has 36 heavy (non-hydrogen) atoms. The molecule has 0 aromatic carbocycles. The summed E-state index contributed by atoms with van der Waals surface area (Å²) < 4.78 is 5.01. The Balaban J connectivity index is 1.50. The zero-order valence-electron chi connectivity index (χ0n) is 21.5. The number of aryl methyl sites for hydroxylation is 2. The van der Waals surface area contributed by atoms with Crippen molar-refractivity contribution >= 4 is 17.2 Å². The Morgan fingerprint density at radius 2 is 2.00 bits per heavy atom. The van der Waals surface area contributed by atoms with Crippen molar-refractivity contribution in [3.05, 3.63) is 52.0 Å². The maximum absolute atomic E-state index is 12.7. The first-order valence-corrected chi connectivity index (χ1v) is 12.5. The Morgan fingerprint density at radius 1 is 1.19 bits per heavy atom. The van der Waals surface area contributed by atoms with Gasteiger partial charge in [0.1, 0.15) is 5.65 Å². The van der Waals surface area contributed by atoms with Crippen molar-refractivity contribution in [3.63, 3.8) is 0 Å². The second kappa shape index (κ2) is 9.35. The molecule has 1 aliphatic heterocycles. The zero-order chi connectivity index (χ0) is 25.6. The van der Waals surface area contributed by atoms with Gasteiger partial charge in [0.25, 0.3) is 0 Å². The molecule has 1 fully saturated rings. The van der Waals surface area contributed by atoms with Crippen LogP contribution < -0.4 is 10.6 Å². The van der Waals surface area contributed by atoms with Crippen LogP contribution >= 0.6 is 0 Å². The van der Waals surface area contributed by atoms with Crippen molar-refractivity contribution in [1.82, 2.24) is 38.7 Å². The van der Waals surface area contributed by atoms with Crippen LogP contribution in [0.4, 0.5) is 5.95 Å². The number of aromatic nitrogens is 7.